The van der Waals surface area contributed by atoms with Crippen molar-refractivity contribution in [1.82, 2.24) is 0 Å². The first-order chi connectivity index (χ1) is 8.88. The Morgan fingerprint density at radius 2 is 1.53 bits per heavy atom. The van der Waals surface area contributed by atoms with Gasteiger partial charge in [-0.25, -0.2) is 0 Å². The van der Waals surface area contributed by atoms with Gasteiger partial charge in [-0.05, 0) is 56.2 Å². The van der Waals surface area contributed by atoms with Crippen LogP contribution in [-0.2, 0) is 0 Å². The first kappa shape index (κ1) is 14.0. The van der Waals surface area contributed by atoms with Crippen LogP contribution in [0.5, 0.6) is 0 Å². The van der Waals surface area contributed by atoms with E-state index in [1.807, 2.05) is 12.1 Å². The second kappa shape index (κ2) is 5.26. The van der Waals surface area contributed by atoms with Gasteiger partial charge in [0.2, 0.25) is 0 Å². The first-order valence-electron chi connectivity index (χ1n) is 6.48. The Morgan fingerprint density at radius 1 is 0.895 bits per heavy atom. The van der Waals surface area contributed by atoms with E-state index < -0.39 is 0 Å². The number of halogens is 1. The van der Waals surface area contributed by atoms with Crippen LogP contribution in [0.15, 0.2) is 48.5 Å². The molecule has 100 valence electrons. The maximum Gasteiger partial charge on any atom is 0.0406 e. The van der Waals surface area contributed by atoms with Crippen molar-refractivity contribution in [3.05, 3.63) is 53.6 Å². The van der Waals surface area contributed by atoms with Gasteiger partial charge in [0.15, 0.2) is 0 Å². The zero-order valence-corrected chi connectivity index (χ0v) is 12.7. The van der Waals surface area contributed by atoms with Crippen LogP contribution in [-0.4, -0.2) is 12.6 Å². The van der Waals surface area contributed by atoms with Crippen LogP contribution in [0, 0.1) is 0 Å². The number of nitrogens with zero attached hydrogens (tertiary/aromatic N) is 1. The van der Waals surface area contributed by atoms with Gasteiger partial charge >= 0.3 is 0 Å². The summed E-state index contributed by atoms with van der Waals surface area (Å²) in [7, 11) is 2.13. The van der Waals surface area contributed by atoms with Crippen LogP contribution in [0.2, 0.25) is 5.02 Å². The average Bonchev–Trinajstić information content (AvgIpc) is 2.38. The number of anilines is 1. The number of hydrogen-bond donors (Lipinski definition) is 0. The largest absolute Gasteiger partial charge is 0.370 e. The van der Waals surface area contributed by atoms with Crippen molar-refractivity contribution in [3.8, 4) is 11.1 Å². The van der Waals surface area contributed by atoms with Crippen molar-refractivity contribution in [3.63, 3.8) is 0 Å². The van der Waals surface area contributed by atoms with Crippen LogP contribution in [0.4, 0.5) is 5.69 Å². The predicted octanol–water partition coefficient (Wildman–Crippen LogP) is 5.24. The highest BCUT2D eigenvalue weighted by molar-refractivity contribution is 6.30. The standard InChI is InChI=1S/C17H20ClN/c1-17(2,3)19(4)16-7-5-6-14(12-16)13-8-10-15(18)11-9-13/h5-12H,1-4H3. The molecule has 0 atom stereocenters. The van der Waals surface area contributed by atoms with Gasteiger partial charge in [-0.1, -0.05) is 35.9 Å². The third-order valence-electron chi connectivity index (χ3n) is 3.42. The van der Waals surface area contributed by atoms with E-state index in [-0.39, 0.29) is 5.54 Å². The molecule has 2 aromatic carbocycles. The van der Waals surface area contributed by atoms with Gasteiger partial charge < -0.3 is 4.90 Å². The lowest BCUT2D eigenvalue weighted by molar-refractivity contribution is 0.539. The summed E-state index contributed by atoms with van der Waals surface area (Å²) in [6, 6.07) is 16.6. The summed E-state index contributed by atoms with van der Waals surface area (Å²) in [4.78, 5) is 2.28. The lowest BCUT2D eigenvalue weighted by Crippen LogP contribution is -2.37. The number of benzene rings is 2. The minimum Gasteiger partial charge on any atom is -0.370 e. The fraction of sp³-hybridized carbons (Fsp3) is 0.294. The fourth-order valence-corrected chi connectivity index (χ4v) is 2.05. The molecule has 0 saturated heterocycles. The van der Waals surface area contributed by atoms with Gasteiger partial charge in [-0.3, -0.25) is 0 Å². The van der Waals surface area contributed by atoms with Gasteiger partial charge in [-0.2, -0.15) is 0 Å². The summed E-state index contributed by atoms with van der Waals surface area (Å²) < 4.78 is 0. The molecule has 0 saturated carbocycles. The molecule has 0 aliphatic heterocycles. The SMILES string of the molecule is CN(c1cccc(-c2ccc(Cl)cc2)c1)C(C)(C)C. The summed E-state index contributed by atoms with van der Waals surface area (Å²) in [6.07, 6.45) is 0. The monoisotopic (exact) mass is 273 g/mol. The van der Waals surface area contributed by atoms with E-state index in [1.165, 1.54) is 16.8 Å². The Balaban J connectivity index is 2.37. The molecular formula is C17H20ClN. The quantitative estimate of drug-likeness (QED) is 0.723. The Hall–Kier alpha value is -1.47. The molecule has 2 aromatic rings. The molecule has 0 spiro atoms. The number of rotatable bonds is 2. The molecule has 0 amide bonds. The summed E-state index contributed by atoms with van der Waals surface area (Å²) in [6.45, 7) is 6.63. The maximum atomic E-state index is 5.93. The highest BCUT2D eigenvalue weighted by Gasteiger charge is 2.17. The Morgan fingerprint density at radius 3 is 2.11 bits per heavy atom. The molecule has 1 nitrogen and oxygen atoms in total. The Kier molecular flexibility index (Phi) is 3.86. The predicted molar refractivity (Wildman–Crippen MR) is 85.0 cm³/mol. The highest BCUT2D eigenvalue weighted by Crippen LogP contribution is 2.28. The van der Waals surface area contributed by atoms with Crippen LogP contribution in [0.25, 0.3) is 11.1 Å². The van der Waals surface area contributed by atoms with Crippen molar-refractivity contribution in [2.45, 2.75) is 26.3 Å². The van der Waals surface area contributed by atoms with Crippen molar-refractivity contribution < 1.29 is 0 Å². The van der Waals surface area contributed by atoms with Gasteiger partial charge in [0.1, 0.15) is 0 Å². The zero-order valence-electron chi connectivity index (χ0n) is 11.9. The fourth-order valence-electron chi connectivity index (χ4n) is 1.92. The molecule has 0 N–H and O–H groups in total. The van der Waals surface area contributed by atoms with E-state index in [9.17, 15) is 0 Å². The maximum absolute atomic E-state index is 5.93. The summed E-state index contributed by atoms with van der Waals surface area (Å²) in [5.41, 5.74) is 3.73. The average molecular weight is 274 g/mol. The van der Waals surface area contributed by atoms with E-state index in [0.29, 0.717) is 0 Å². The number of hydrogen-bond acceptors (Lipinski definition) is 1. The van der Waals surface area contributed by atoms with Crippen LogP contribution >= 0.6 is 11.6 Å². The first-order valence-corrected chi connectivity index (χ1v) is 6.85. The van der Waals surface area contributed by atoms with E-state index >= 15 is 0 Å². The summed E-state index contributed by atoms with van der Waals surface area (Å²) in [5.74, 6) is 0. The van der Waals surface area contributed by atoms with Gasteiger partial charge in [0.25, 0.3) is 0 Å². The topological polar surface area (TPSA) is 3.24 Å². The lowest BCUT2D eigenvalue weighted by Gasteiger charge is -2.34. The molecule has 0 fully saturated rings. The van der Waals surface area contributed by atoms with Crippen molar-refractivity contribution in [2.75, 3.05) is 11.9 Å². The van der Waals surface area contributed by atoms with E-state index in [0.717, 1.165) is 5.02 Å². The molecule has 0 aliphatic carbocycles. The molecule has 0 radical (unpaired) electrons. The lowest BCUT2D eigenvalue weighted by atomic mass is 10.0. The van der Waals surface area contributed by atoms with Crippen molar-refractivity contribution in [1.29, 1.82) is 0 Å². The van der Waals surface area contributed by atoms with E-state index in [2.05, 4.69) is 69.1 Å². The minimum atomic E-state index is 0.110. The zero-order chi connectivity index (χ0) is 14.0. The van der Waals surface area contributed by atoms with Gasteiger partial charge in [0, 0.05) is 23.3 Å². The summed E-state index contributed by atoms with van der Waals surface area (Å²) >= 11 is 5.93. The Bertz CT molecular complexity index is 552. The van der Waals surface area contributed by atoms with Crippen molar-refractivity contribution in [2.24, 2.45) is 0 Å². The molecular weight excluding hydrogens is 254 g/mol. The molecule has 0 unspecified atom stereocenters. The Labute approximate surface area is 120 Å². The van der Waals surface area contributed by atoms with E-state index in [1.54, 1.807) is 0 Å². The van der Waals surface area contributed by atoms with Crippen LogP contribution in [0.1, 0.15) is 20.8 Å². The molecule has 0 aliphatic rings. The van der Waals surface area contributed by atoms with Gasteiger partial charge in [0.05, 0.1) is 0 Å². The molecule has 2 rings (SSSR count). The second-order valence-electron chi connectivity index (χ2n) is 5.79. The van der Waals surface area contributed by atoms with Crippen LogP contribution < -0.4 is 4.90 Å². The van der Waals surface area contributed by atoms with Gasteiger partial charge in [-0.15, -0.1) is 0 Å². The van der Waals surface area contributed by atoms with Crippen LogP contribution in [0.3, 0.4) is 0 Å². The summed E-state index contributed by atoms with van der Waals surface area (Å²) in [5, 5.41) is 0.770. The molecule has 0 bridgehead atoms. The minimum absolute atomic E-state index is 0.110. The third kappa shape index (κ3) is 3.30. The molecule has 0 aromatic heterocycles. The van der Waals surface area contributed by atoms with E-state index in [4.69, 9.17) is 11.6 Å². The molecule has 2 heteroatoms. The van der Waals surface area contributed by atoms with Crippen molar-refractivity contribution >= 4 is 17.3 Å². The smallest absolute Gasteiger partial charge is 0.0406 e. The molecule has 19 heavy (non-hydrogen) atoms. The molecule has 0 heterocycles. The third-order valence-corrected chi connectivity index (χ3v) is 3.67. The normalized spacial score (nSPS) is 11.4. The second-order valence-corrected chi connectivity index (χ2v) is 6.22. The highest BCUT2D eigenvalue weighted by atomic mass is 35.5.